The topological polar surface area (TPSA) is 103 Å². The van der Waals surface area contributed by atoms with E-state index in [2.05, 4.69) is 48.3 Å². The molecule has 8 heteroatoms. The molecule has 36 heavy (non-hydrogen) atoms. The van der Waals surface area contributed by atoms with E-state index in [1.54, 1.807) is 55.9 Å². The number of carbonyl (C=O) groups is 2. The first-order valence-electron chi connectivity index (χ1n) is 10.6. The molecule has 220 valence electrons. The molecule has 0 radical (unpaired) electrons. The summed E-state index contributed by atoms with van der Waals surface area (Å²) in [6, 6.07) is 0. The molecule has 8 nitrogen and oxygen atoms in total. The summed E-state index contributed by atoms with van der Waals surface area (Å²) in [5.74, 6) is 0.128. The van der Waals surface area contributed by atoms with Gasteiger partial charge in [0.2, 0.25) is 7.05 Å². The Kier molecular flexibility index (Phi) is 69.8. The Balaban J connectivity index is -0.0000000377. The molecule has 1 N–H and O–H groups in total. The summed E-state index contributed by atoms with van der Waals surface area (Å²) in [7, 11) is 8.02. The summed E-state index contributed by atoms with van der Waals surface area (Å²) >= 11 is 0. The fourth-order valence-electron chi connectivity index (χ4n) is 0.949. The Hall–Kier alpha value is -2.51. The van der Waals surface area contributed by atoms with Gasteiger partial charge in [0.1, 0.15) is 4.87 Å². The first-order valence-corrected chi connectivity index (χ1v) is 10.6. The second-order valence-corrected chi connectivity index (χ2v) is 7.10. The molecular weight excluding hydrogens is 454 g/mol. The van der Waals surface area contributed by atoms with E-state index in [9.17, 15) is 14.5 Å². The molecule has 0 fully saturated rings. The highest BCUT2D eigenvalue weighted by atomic mass is 16.3. The summed E-state index contributed by atoms with van der Waals surface area (Å²) in [6.45, 7) is 19.5. The van der Waals surface area contributed by atoms with E-state index < -0.39 is 0 Å². The number of hydrazine groups is 1. The summed E-state index contributed by atoms with van der Waals surface area (Å²) in [6.07, 6.45) is 0.945. The Morgan fingerprint density at radius 2 is 0.861 bits per heavy atom. The van der Waals surface area contributed by atoms with Crippen molar-refractivity contribution in [2.45, 2.75) is 112 Å². The number of aliphatic imine (C=N–C) groups is 1. The molecule has 0 rings (SSSR count). The minimum atomic E-state index is 0. The van der Waals surface area contributed by atoms with Gasteiger partial charge in [-0.15, -0.1) is 0 Å². The summed E-state index contributed by atoms with van der Waals surface area (Å²) in [5, 5.41) is 6.72. The number of hydrogen-bond acceptors (Lipinski definition) is 6. The predicted molar refractivity (Wildman–Crippen MR) is 166 cm³/mol. The molecule has 0 aromatic carbocycles. The highest BCUT2D eigenvalue weighted by Gasteiger charge is 2.09. The van der Waals surface area contributed by atoms with Gasteiger partial charge in [0, 0.05) is 39.7 Å². The maximum absolute atomic E-state index is 11.2. The molecule has 0 aliphatic heterocycles. The second-order valence-electron chi connectivity index (χ2n) is 7.10. The van der Waals surface area contributed by atoms with E-state index in [1.165, 1.54) is 18.2 Å². The zero-order valence-corrected chi connectivity index (χ0v) is 23.4. The van der Waals surface area contributed by atoms with E-state index in [0.717, 1.165) is 5.71 Å². The van der Waals surface area contributed by atoms with E-state index in [4.69, 9.17) is 0 Å². The lowest BCUT2D eigenvalue weighted by Crippen LogP contribution is -2.15. The SMILES string of the molecule is C.C.C.C.CC(C)=C(C)C.CCC(=O)/C(C)=C(/C)C(=O)CC.CN=C(C)C.CN=NC.CN[N+](C)=O. The largest absolute Gasteiger partial charge is 0.298 e. The van der Waals surface area contributed by atoms with Crippen molar-refractivity contribution in [3.05, 3.63) is 27.2 Å². The van der Waals surface area contributed by atoms with Crippen LogP contribution in [-0.2, 0) is 9.59 Å². The normalized spacial score (nSPS) is 8.42. The van der Waals surface area contributed by atoms with Crippen LogP contribution in [0.25, 0.3) is 0 Å². The van der Waals surface area contributed by atoms with Gasteiger partial charge in [-0.2, -0.15) is 15.7 Å². The van der Waals surface area contributed by atoms with Gasteiger partial charge in [0.15, 0.2) is 11.6 Å². The fourth-order valence-corrected chi connectivity index (χ4v) is 0.949. The van der Waals surface area contributed by atoms with Crippen LogP contribution in [0.1, 0.15) is 112 Å². The van der Waals surface area contributed by atoms with Crippen LogP contribution >= 0.6 is 0 Å². The minimum Gasteiger partial charge on any atom is -0.298 e. The number of ketones is 2. The maximum atomic E-state index is 11.2. The first kappa shape index (κ1) is 58.9. The van der Waals surface area contributed by atoms with Crippen molar-refractivity contribution < 1.29 is 14.5 Å². The third-order valence-corrected chi connectivity index (χ3v) is 4.00. The number of allylic oxidation sites excluding steroid dienone is 4. The zero-order valence-electron chi connectivity index (χ0n) is 23.4. The van der Waals surface area contributed by atoms with E-state index in [-0.39, 0.29) is 41.3 Å². The summed E-state index contributed by atoms with van der Waals surface area (Å²) < 4.78 is 0. The molecular formula is C28H66N5O3+. The highest BCUT2D eigenvalue weighted by Crippen LogP contribution is 2.09. The van der Waals surface area contributed by atoms with Crippen LogP contribution in [0.15, 0.2) is 37.5 Å². The molecule has 0 aromatic rings. The number of nitroso groups, excluding NO2 is 1. The van der Waals surface area contributed by atoms with Gasteiger partial charge in [0.05, 0.1) is 12.0 Å². The minimum absolute atomic E-state index is 0. The van der Waals surface area contributed by atoms with Crippen LogP contribution in [0, 0.1) is 4.91 Å². The van der Waals surface area contributed by atoms with Crippen LogP contribution in [0.4, 0.5) is 0 Å². The molecule has 0 atom stereocenters. The monoisotopic (exact) mass is 521 g/mol. The Labute approximate surface area is 226 Å². The van der Waals surface area contributed by atoms with Crippen LogP contribution in [0.3, 0.4) is 0 Å². The standard InChI is InChI=1S/C10H16O2.C6H12.C4H9N.C2H7N2O.C2H6N2.4CH4/c1-5-9(11)7(3)8(4)10(12)6-2;1-5(2)6(3)4;1-4(2)5-3;1-3-4(2)5;1-3-4-2;;;;/h5-6H2,1-4H3;1-4H3;1-3H3;1-2H3,(H,3,5);1-2H3;4*1H4/q;;;+1;;;;;/b8-7-;;;;;;;;. The quantitative estimate of drug-likeness (QED) is 0.0979. The lowest BCUT2D eigenvalue weighted by Gasteiger charge is -2.02. The summed E-state index contributed by atoms with van der Waals surface area (Å²) in [5.41, 5.74) is 7.52. The van der Waals surface area contributed by atoms with Gasteiger partial charge in [-0.1, -0.05) is 54.7 Å². The van der Waals surface area contributed by atoms with Crippen molar-refractivity contribution in [1.82, 2.24) is 5.43 Å². The van der Waals surface area contributed by atoms with E-state index in [1.807, 2.05) is 13.8 Å². The van der Waals surface area contributed by atoms with Gasteiger partial charge in [-0.05, 0) is 66.5 Å². The van der Waals surface area contributed by atoms with Crippen molar-refractivity contribution in [3.63, 3.8) is 0 Å². The van der Waals surface area contributed by atoms with Crippen molar-refractivity contribution in [2.24, 2.45) is 15.2 Å². The van der Waals surface area contributed by atoms with E-state index >= 15 is 0 Å². The number of Topliss-reactive ketones (excluding diaryl/α,β-unsaturated/α-hetero) is 2. The number of rotatable bonds is 5. The van der Waals surface area contributed by atoms with E-state index in [0.29, 0.717) is 28.9 Å². The van der Waals surface area contributed by atoms with Crippen LogP contribution in [0.5, 0.6) is 0 Å². The van der Waals surface area contributed by atoms with Gasteiger partial charge < -0.3 is 0 Å². The average molecular weight is 521 g/mol. The Morgan fingerprint density at radius 1 is 0.667 bits per heavy atom. The maximum Gasteiger partial charge on any atom is 0.215 e. The lowest BCUT2D eigenvalue weighted by molar-refractivity contribution is -0.575. The third-order valence-electron chi connectivity index (χ3n) is 4.00. The molecule has 0 bridgehead atoms. The van der Waals surface area contributed by atoms with Gasteiger partial charge in [0.25, 0.3) is 0 Å². The number of nitrogens with one attached hydrogen (secondary N) is 1. The number of nitrogens with zero attached hydrogens (tertiary/aromatic N) is 4. The lowest BCUT2D eigenvalue weighted by atomic mass is 10.0. The fraction of sp³-hybridized carbons (Fsp3) is 0.750. The number of hydrogen-bond donors (Lipinski definition) is 1. The van der Waals surface area contributed by atoms with Gasteiger partial charge >= 0.3 is 0 Å². The molecule has 0 amide bonds. The predicted octanol–water partition coefficient (Wildman–Crippen LogP) is 8.51. The second kappa shape index (κ2) is 42.6. The van der Waals surface area contributed by atoms with Gasteiger partial charge in [-0.25, -0.2) is 0 Å². The molecule has 0 aromatic heterocycles. The molecule has 0 spiro atoms. The van der Waals surface area contributed by atoms with Crippen molar-refractivity contribution >= 4 is 17.3 Å². The molecule has 0 saturated heterocycles. The van der Waals surface area contributed by atoms with Crippen LogP contribution in [0.2, 0.25) is 0 Å². The van der Waals surface area contributed by atoms with Crippen LogP contribution in [-0.4, -0.2) is 57.4 Å². The molecule has 0 heterocycles. The van der Waals surface area contributed by atoms with Gasteiger partial charge in [-0.3, -0.25) is 14.6 Å². The average Bonchev–Trinajstić information content (AvgIpc) is 2.77. The van der Waals surface area contributed by atoms with Crippen LogP contribution < -0.4 is 5.43 Å². The van der Waals surface area contributed by atoms with Crippen molar-refractivity contribution in [3.8, 4) is 0 Å². The summed E-state index contributed by atoms with van der Waals surface area (Å²) in [4.78, 5) is 36.4. The number of carbonyl (C=O) groups excluding carboxylic acids is 2. The Bertz CT molecular complexity index is 598. The zero-order chi connectivity index (χ0) is 26.9. The van der Waals surface area contributed by atoms with Crippen molar-refractivity contribution in [2.75, 3.05) is 35.2 Å². The molecule has 0 saturated carbocycles. The molecule has 0 aliphatic rings. The third kappa shape index (κ3) is 57.9. The smallest absolute Gasteiger partial charge is 0.215 e. The first-order chi connectivity index (χ1) is 14.6. The number of azo groups is 1. The molecule has 0 aliphatic carbocycles. The van der Waals surface area contributed by atoms with Crippen molar-refractivity contribution in [1.29, 1.82) is 0 Å². The highest BCUT2D eigenvalue weighted by molar-refractivity contribution is 6.05. The molecule has 0 unspecified atom stereocenters. The Morgan fingerprint density at radius 3 is 0.917 bits per heavy atom.